The molecule has 5 rings (SSSR count). The van der Waals surface area contributed by atoms with Crippen LogP contribution < -0.4 is 21.6 Å². The highest BCUT2D eigenvalue weighted by Gasteiger charge is 2.39. The number of halogens is 10. The van der Waals surface area contributed by atoms with Crippen LogP contribution >= 0.6 is 100 Å². The lowest BCUT2D eigenvalue weighted by atomic mass is 10.1. The number of carbonyl (C=O) groups excluding carboxylic acids is 2. The van der Waals surface area contributed by atoms with Gasteiger partial charge in [0.1, 0.15) is 0 Å². The van der Waals surface area contributed by atoms with Gasteiger partial charge in [0.2, 0.25) is 0 Å². The molecule has 302 valence electrons. The molecule has 56 heavy (non-hydrogen) atoms. The predicted molar refractivity (Wildman–Crippen MR) is 230 cm³/mol. The molecule has 6 N–H and O–H groups in total. The first-order valence-electron chi connectivity index (χ1n) is 16.3. The van der Waals surface area contributed by atoms with Crippen LogP contribution in [0.2, 0.25) is 10.0 Å². The molecule has 0 saturated heterocycles. The summed E-state index contributed by atoms with van der Waals surface area (Å²) in [6, 6.07) is 12.2. The average Bonchev–Trinajstić information content (AvgIpc) is 3.87. The van der Waals surface area contributed by atoms with E-state index in [1.165, 1.54) is 0 Å². The van der Waals surface area contributed by atoms with Crippen LogP contribution in [0.25, 0.3) is 0 Å². The van der Waals surface area contributed by atoms with Gasteiger partial charge in [-0.1, -0.05) is 23.2 Å². The minimum Gasteiger partial charge on any atom is -0.390 e. The van der Waals surface area contributed by atoms with Crippen molar-refractivity contribution in [3.8, 4) is 0 Å². The quantitative estimate of drug-likeness (QED) is 0.0241. The van der Waals surface area contributed by atoms with E-state index in [1.807, 2.05) is 0 Å². The number of hydrogen-bond donors (Lipinski definition) is 6. The van der Waals surface area contributed by atoms with Gasteiger partial charge >= 0.3 is 0 Å². The van der Waals surface area contributed by atoms with E-state index in [0.717, 1.165) is 19.3 Å². The van der Waals surface area contributed by atoms with E-state index in [1.54, 1.807) is 50.2 Å². The van der Waals surface area contributed by atoms with Crippen LogP contribution in [0.15, 0.2) is 57.5 Å². The molecule has 0 unspecified atom stereocenters. The lowest BCUT2D eigenvalue weighted by molar-refractivity contribution is -0.00570. The summed E-state index contributed by atoms with van der Waals surface area (Å²) < 4.78 is 58.5. The fourth-order valence-electron chi connectivity index (χ4n) is 4.52. The van der Waals surface area contributed by atoms with E-state index in [9.17, 15) is 37.4 Å². The number of hydroxylamine groups is 2. The van der Waals surface area contributed by atoms with Crippen molar-refractivity contribution in [1.82, 2.24) is 11.0 Å². The maximum absolute atomic E-state index is 14.6. The molecule has 0 aromatic heterocycles. The minimum atomic E-state index is -1.24. The Bertz CT molecular complexity index is 1980. The van der Waals surface area contributed by atoms with Gasteiger partial charge in [0.25, 0.3) is 11.8 Å². The van der Waals surface area contributed by atoms with Crippen LogP contribution in [-0.2, 0) is 9.68 Å². The third-order valence-electron chi connectivity index (χ3n) is 7.84. The van der Waals surface area contributed by atoms with Crippen molar-refractivity contribution in [2.45, 2.75) is 50.7 Å². The Kier molecular flexibility index (Phi) is 16.9. The second kappa shape index (κ2) is 20.3. The Labute approximate surface area is 373 Å². The van der Waals surface area contributed by atoms with Crippen LogP contribution in [-0.4, -0.2) is 46.4 Å². The first-order chi connectivity index (χ1) is 26.2. The molecule has 20 heteroatoms. The van der Waals surface area contributed by atoms with E-state index in [4.69, 9.17) is 32.9 Å². The highest BCUT2D eigenvalue weighted by Crippen LogP contribution is 2.38. The summed E-state index contributed by atoms with van der Waals surface area (Å²) in [5, 5.41) is 25.3. The van der Waals surface area contributed by atoms with Gasteiger partial charge in [-0.05, 0) is 152 Å². The van der Waals surface area contributed by atoms with Crippen molar-refractivity contribution in [1.29, 1.82) is 0 Å². The molecule has 0 radical (unpaired) electrons. The standard InChI is InChI=1S/C18H15BrClF2IN2O3.C18H17BrClF2IN2O3/c19-11-8-10(17(26)25-28-6-5-18(27)3-4-18)16(15(22)14(11)21)24-13-2-1-9(23)7-12(13)20;1-18(2,27)5-6-28-25-17(26)10-8-11(19)14(21)15(22)16(10)24-13-4-3-9(23)7-12(13)20/h1-2,7-8,24,27H,3-6H2,(H,25,26);3-4,7-8,24,27H,5-6H2,1-2H3,(H,25,26). The van der Waals surface area contributed by atoms with E-state index in [2.05, 4.69) is 98.6 Å². The van der Waals surface area contributed by atoms with Crippen LogP contribution in [0.4, 0.5) is 40.3 Å². The lowest BCUT2D eigenvalue weighted by Gasteiger charge is -2.18. The first kappa shape index (κ1) is 46.7. The molecule has 1 saturated carbocycles. The summed E-state index contributed by atoms with van der Waals surface area (Å²) in [4.78, 5) is 35.0. The van der Waals surface area contributed by atoms with Crippen LogP contribution in [0.5, 0.6) is 0 Å². The molecule has 2 amide bonds. The number of anilines is 4. The average molecular weight is 1180 g/mol. The smallest absolute Gasteiger partial charge is 0.277 e. The third kappa shape index (κ3) is 13.2. The lowest BCUT2D eigenvalue weighted by Crippen LogP contribution is -2.28. The van der Waals surface area contributed by atoms with E-state index < -0.39 is 46.3 Å². The largest absolute Gasteiger partial charge is 0.390 e. The van der Waals surface area contributed by atoms with Crippen LogP contribution in [0, 0.1) is 30.4 Å². The monoisotopic (exact) mass is 1170 g/mol. The van der Waals surface area contributed by atoms with Crippen LogP contribution in [0.1, 0.15) is 60.2 Å². The van der Waals surface area contributed by atoms with Gasteiger partial charge < -0.3 is 20.8 Å². The van der Waals surface area contributed by atoms with Crippen molar-refractivity contribution in [2.75, 3.05) is 23.8 Å². The maximum Gasteiger partial charge on any atom is 0.277 e. The third-order valence-corrected chi connectivity index (χ3v) is 11.0. The zero-order valence-electron chi connectivity index (χ0n) is 29.2. The molecule has 0 atom stereocenters. The maximum atomic E-state index is 14.6. The highest BCUT2D eigenvalue weighted by atomic mass is 127. The molecule has 4 aromatic rings. The SMILES string of the molecule is CC(C)(O)CCONC(=O)c1cc(Br)c(F)c(F)c1Nc1ccc(I)cc1Cl.O=C(NOCCC1(O)CC1)c1cc(Br)c(F)c(F)c1Nc1ccc(I)cc1Cl. The Hall–Kier alpha value is -2.02. The normalized spacial score (nSPS) is 13.0. The van der Waals surface area contributed by atoms with E-state index in [-0.39, 0.29) is 61.1 Å². The Morgan fingerprint density at radius 2 is 1.18 bits per heavy atom. The second-order valence-electron chi connectivity index (χ2n) is 12.9. The molecule has 0 spiro atoms. The number of carbonyl (C=O) groups is 2. The number of rotatable bonds is 14. The van der Waals surface area contributed by atoms with Crippen LogP contribution in [0.3, 0.4) is 0 Å². The molecule has 0 heterocycles. The molecule has 0 bridgehead atoms. The zero-order chi connectivity index (χ0) is 41.5. The van der Waals surface area contributed by atoms with Gasteiger partial charge in [0.15, 0.2) is 23.3 Å². The second-order valence-corrected chi connectivity index (χ2v) is 17.9. The van der Waals surface area contributed by atoms with Gasteiger partial charge in [-0.2, -0.15) is 0 Å². The van der Waals surface area contributed by atoms with Crippen molar-refractivity contribution in [3.63, 3.8) is 0 Å². The molecule has 4 aromatic carbocycles. The summed E-state index contributed by atoms with van der Waals surface area (Å²) in [7, 11) is 0. The van der Waals surface area contributed by atoms with Gasteiger partial charge in [-0.3, -0.25) is 19.3 Å². The molecule has 1 aliphatic rings. The minimum absolute atomic E-state index is 0.0335. The van der Waals surface area contributed by atoms with Crippen molar-refractivity contribution in [2.24, 2.45) is 0 Å². The Morgan fingerprint density at radius 3 is 1.55 bits per heavy atom. The van der Waals surface area contributed by atoms with E-state index >= 15 is 0 Å². The molecule has 1 fully saturated rings. The molecular weight excluding hydrogens is 1140 g/mol. The van der Waals surface area contributed by atoms with E-state index in [0.29, 0.717) is 30.6 Å². The van der Waals surface area contributed by atoms with Crippen molar-refractivity contribution < 1.29 is 47.0 Å². The summed E-state index contributed by atoms with van der Waals surface area (Å²) in [5.41, 5.74) is 2.16. The highest BCUT2D eigenvalue weighted by molar-refractivity contribution is 14.1. The summed E-state index contributed by atoms with van der Waals surface area (Å²) in [6.07, 6.45) is 2.03. The molecule has 0 aliphatic heterocycles. The number of amides is 2. The fraction of sp³-hybridized carbons (Fsp3) is 0.278. The number of nitrogens with one attached hydrogen (secondary N) is 4. The number of aliphatic hydroxyl groups is 2. The number of benzene rings is 4. The predicted octanol–water partition coefficient (Wildman–Crippen LogP) is 10.9. The molecule has 10 nitrogen and oxygen atoms in total. The van der Waals surface area contributed by atoms with Crippen molar-refractivity contribution in [3.05, 3.63) is 109 Å². The topological polar surface area (TPSA) is 141 Å². The summed E-state index contributed by atoms with van der Waals surface area (Å²) in [5.74, 6) is -6.33. The molecular formula is C36H32Br2Cl2F4I2N4O6. The summed E-state index contributed by atoms with van der Waals surface area (Å²) in [6.45, 7) is 3.32. The molecule has 1 aliphatic carbocycles. The Morgan fingerprint density at radius 1 is 0.768 bits per heavy atom. The summed E-state index contributed by atoms with van der Waals surface area (Å²) >= 11 is 22.2. The first-order valence-corrected chi connectivity index (χ1v) is 20.8. The zero-order valence-corrected chi connectivity index (χ0v) is 38.2. The number of hydrogen-bond acceptors (Lipinski definition) is 8. The van der Waals surface area contributed by atoms with Gasteiger partial charge in [-0.15, -0.1) is 0 Å². The fourth-order valence-corrected chi connectivity index (χ4v) is 7.14. The van der Waals surface area contributed by atoms with Gasteiger partial charge in [0.05, 0.1) is 77.3 Å². The van der Waals surface area contributed by atoms with Crippen molar-refractivity contribution >= 4 is 135 Å². The van der Waals surface area contributed by atoms with Gasteiger partial charge in [0, 0.05) is 20.0 Å². The Balaban J connectivity index is 0.000000249. The van der Waals surface area contributed by atoms with Gasteiger partial charge in [-0.25, -0.2) is 28.5 Å².